The first-order valence-electron chi connectivity index (χ1n) is 8.91. The van der Waals surface area contributed by atoms with Crippen LogP contribution in [0, 0.1) is 0 Å². The topological polar surface area (TPSA) is 12.0 Å². The number of hydrogen-bond acceptors (Lipinski definition) is 1. The van der Waals surface area contributed by atoms with Gasteiger partial charge in [0.05, 0.1) is 0 Å². The van der Waals surface area contributed by atoms with Crippen molar-refractivity contribution in [3.63, 3.8) is 0 Å². The van der Waals surface area contributed by atoms with E-state index < -0.39 is 0 Å². The zero-order valence-corrected chi connectivity index (χ0v) is 15.3. The maximum Gasteiger partial charge on any atom is 0.0416 e. The lowest BCUT2D eigenvalue weighted by Gasteiger charge is -2.17. The van der Waals surface area contributed by atoms with Crippen LogP contribution in [0.1, 0.15) is 58.6 Å². The molecule has 0 radical (unpaired) electrons. The lowest BCUT2D eigenvalue weighted by atomic mass is 9.95. The molecule has 0 atom stereocenters. The smallest absolute Gasteiger partial charge is 0.0416 e. The van der Waals surface area contributed by atoms with E-state index in [1.807, 2.05) is 27.7 Å². The number of benzene rings is 1. The zero-order chi connectivity index (χ0) is 17.1. The molecular formula is C22H31N. The van der Waals surface area contributed by atoms with Crippen LogP contribution in [0.4, 0.5) is 0 Å². The van der Waals surface area contributed by atoms with Gasteiger partial charge >= 0.3 is 0 Å². The summed E-state index contributed by atoms with van der Waals surface area (Å²) in [6.07, 6.45) is 13.3. The second-order valence-electron chi connectivity index (χ2n) is 5.19. The fourth-order valence-corrected chi connectivity index (χ4v) is 2.51. The second-order valence-corrected chi connectivity index (χ2v) is 5.19. The molecule has 0 saturated carbocycles. The van der Waals surface area contributed by atoms with Crippen molar-refractivity contribution in [1.29, 1.82) is 0 Å². The van der Waals surface area contributed by atoms with E-state index in [1.54, 1.807) is 0 Å². The van der Waals surface area contributed by atoms with Crippen LogP contribution >= 0.6 is 0 Å². The van der Waals surface area contributed by atoms with Crippen molar-refractivity contribution >= 4 is 11.3 Å². The molecule has 1 aliphatic carbocycles. The number of allylic oxidation sites excluding steroid dienone is 6. The normalized spacial score (nSPS) is 15.6. The Morgan fingerprint density at radius 1 is 0.913 bits per heavy atom. The Morgan fingerprint density at radius 3 is 2.26 bits per heavy atom. The molecule has 0 saturated heterocycles. The molecule has 1 nitrogen and oxygen atoms in total. The summed E-state index contributed by atoms with van der Waals surface area (Å²) < 4.78 is 0. The van der Waals surface area contributed by atoms with Crippen molar-refractivity contribution in [1.82, 2.24) is 5.32 Å². The van der Waals surface area contributed by atoms with E-state index in [2.05, 4.69) is 66.9 Å². The summed E-state index contributed by atoms with van der Waals surface area (Å²) in [6, 6.07) is 8.82. The minimum absolute atomic E-state index is 0.946. The van der Waals surface area contributed by atoms with E-state index in [1.165, 1.54) is 28.0 Å². The van der Waals surface area contributed by atoms with E-state index in [0.29, 0.717) is 0 Å². The van der Waals surface area contributed by atoms with Gasteiger partial charge in [-0.25, -0.2) is 0 Å². The van der Waals surface area contributed by atoms with E-state index in [0.717, 1.165) is 19.4 Å². The van der Waals surface area contributed by atoms with Gasteiger partial charge in [0.2, 0.25) is 0 Å². The molecule has 0 unspecified atom stereocenters. The van der Waals surface area contributed by atoms with E-state index in [-0.39, 0.29) is 0 Å². The molecule has 0 aromatic heterocycles. The summed E-state index contributed by atoms with van der Waals surface area (Å²) in [5.41, 5.74) is 6.65. The molecular weight excluding hydrogens is 278 g/mol. The first kappa shape index (κ1) is 19.0. The Hall–Kier alpha value is -2.02. The molecule has 2 aliphatic rings. The van der Waals surface area contributed by atoms with E-state index >= 15 is 0 Å². The minimum Gasteiger partial charge on any atom is -0.381 e. The number of hydrogen-bond donors (Lipinski definition) is 1. The van der Waals surface area contributed by atoms with Gasteiger partial charge in [-0.15, -0.1) is 0 Å². The molecule has 3 rings (SSSR count). The third-order valence-corrected chi connectivity index (χ3v) is 3.65. The maximum atomic E-state index is 3.47. The predicted octanol–water partition coefficient (Wildman–Crippen LogP) is 6.36. The van der Waals surface area contributed by atoms with Crippen molar-refractivity contribution < 1.29 is 0 Å². The Labute approximate surface area is 142 Å². The van der Waals surface area contributed by atoms with Gasteiger partial charge in [-0.3, -0.25) is 0 Å². The van der Waals surface area contributed by atoms with Crippen LogP contribution in [0.2, 0.25) is 0 Å². The van der Waals surface area contributed by atoms with Crippen LogP contribution in [0.3, 0.4) is 0 Å². The Bertz CT molecular complexity index is 600. The minimum atomic E-state index is 0.946. The predicted molar refractivity (Wildman–Crippen MR) is 105 cm³/mol. The first-order chi connectivity index (χ1) is 11.3. The largest absolute Gasteiger partial charge is 0.381 e. The monoisotopic (exact) mass is 309 g/mol. The average Bonchev–Trinajstić information content (AvgIpc) is 2.66. The third-order valence-electron chi connectivity index (χ3n) is 3.65. The van der Waals surface area contributed by atoms with Crippen LogP contribution in [0.15, 0.2) is 60.2 Å². The lowest BCUT2D eigenvalue weighted by molar-refractivity contribution is 0.941. The molecule has 1 N–H and O–H groups in total. The lowest BCUT2D eigenvalue weighted by Crippen LogP contribution is -2.17. The first-order valence-corrected chi connectivity index (χ1v) is 8.91. The molecule has 0 amide bonds. The van der Waals surface area contributed by atoms with Gasteiger partial charge in [0, 0.05) is 12.2 Å². The van der Waals surface area contributed by atoms with Crippen LogP contribution in [-0.2, 0) is 0 Å². The summed E-state index contributed by atoms with van der Waals surface area (Å²) in [7, 11) is 0. The fourth-order valence-electron chi connectivity index (χ4n) is 2.51. The summed E-state index contributed by atoms with van der Waals surface area (Å²) in [6.45, 7) is 11.1. The van der Waals surface area contributed by atoms with Gasteiger partial charge < -0.3 is 5.32 Å². The van der Waals surface area contributed by atoms with Gasteiger partial charge in [0.25, 0.3) is 0 Å². The van der Waals surface area contributed by atoms with Crippen molar-refractivity contribution in [3.05, 3.63) is 71.3 Å². The Balaban J connectivity index is 0.000000615. The summed E-state index contributed by atoms with van der Waals surface area (Å²) in [4.78, 5) is 0. The van der Waals surface area contributed by atoms with Crippen molar-refractivity contribution in [3.8, 4) is 0 Å². The molecule has 0 fully saturated rings. The molecule has 124 valence electrons. The molecule has 1 aromatic carbocycles. The highest BCUT2D eigenvalue weighted by Crippen LogP contribution is 2.26. The quantitative estimate of drug-likeness (QED) is 0.670. The summed E-state index contributed by atoms with van der Waals surface area (Å²) in [5.74, 6) is 0. The van der Waals surface area contributed by atoms with Crippen molar-refractivity contribution in [2.45, 2.75) is 47.5 Å². The zero-order valence-electron chi connectivity index (χ0n) is 15.3. The maximum absolute atomic E-state index is 3.47. The van der Waals surface area contributed by atoms with Crippen LogP contribution in [0.25, 0.3) is 11.3 Å². The van der Waals surface area contributed by atoms with Gasteiger partial charge in [0.1, 0.15) is 0 Å². The molecule has 0 bridgehead atoms. The third kappa shape index (κ3) is 5.59. The van der Waals surface area contributed by atoms with Crippen molar-refractivity contribution in [2.24, 2.45) is 0 Å². The van der Waals surface area contributed by atoms with Crippen LogP contribution in [-0.4, -0.2) is 6.54 Å². The second kappa shape index (κ2) is 10.7. The standard InChI is InChI=1S/C18H19N.2C2H6/c1-14-10-11-18(19-13-14)17-9-5-8-16(12-17)15-6-3-2-4-7-15;2*1-2/h2-3,5-6,8-12,19H,4,7,13H2,1H3;2*1-2H3. The van der Waals surface area contributed by atoms with Gasteiger partial charge in [-0.05, 0) is 48.6 Å². The highest BCUT2D eigenvalue weighted by molar-refractivity contribution is 5.74. The Morgan fingerprint density at radius 2 is 1.65 bits per heavy atom. The summed E-state index contributed by atoms with van der Waals surface area (Å²) >= 11 is 0. The summed E-state index contributed by atoms with van der Waals surface area (Å²) in [5, 5.41) is 3.47. The SMILES string of the molecule is CC.CC.CC1=CC=C(c2cccc(C3=CC=CCC3)c2)NC1. The molecule has 1 heteroatoms. The fraction of sp³-hybridized carbons (Fsp3) is 0.364. The highest BCUT2D eigenvalue weighted by atomic mass is 14.9. The number of dihydropyridines is 1. The Kier molecular flexibility index (Phi) is 8.82. The molecule has 1 aromatic rings. The average molecular weight is 309 g/mol. The molecule has 1 aliphatic heterocycles. The molecule has 1 heterocycles. The van der Waals surface area contributed by atoms with Crippen LogP contribution in [0.5, 0.6) is 0 Å². The van der Waals surface area contributed by atoms with E-state index in [4.69, 9.17) is 0 Å². The van der Waals surface area contributed by atoms with Gasteiger partial charge in [0.15, 0.2) is 0 Å². The van der Waals surface area contributed by atoms with Gasteiger partial charge in [-0.2, -0.15) is 0 Å². The van der Waals surface area contributed by atoms with E-state index in [9.17, 15) is 0 Å². The van der Waals surface area contributed by atoms with Crippen molar-refractivity contribution in [2.75, 3.05) is 6.54 Å². The number of nitrogens with one attached hydrogen (secondary N) is 1. The number of rotatable bonds is 2. The van der Waals surface area contributed by atoms with Gasteiger partial charge in [-0.1, -0.05) is 75.8 Å². The van der Waals surface area contributed by atoms with Crippen LogP contribution < -0.4 is 5.32 Å². The molecule has 0 spiro atoms. The molecule has 23 heavy (non-hydrogen) atoms. The highest BCUT2D eigenvalue weighted by Gasteiger charge is 2.08.